The number of benzene rings is 2. The number of rotatable bonds is 8. The van der Waals surface area contributed by atoms with Crippen molar-refractivity contribution in [2.45, 2.75) is 30.8 Å². The van der Waals surface area contributed by atoms with Gasteiger partial charge < -0.3 is 14.5 Å². The number of hydrogen-bond acceptors (Lipinski definition) is 6. The van der Waals surface area contributed by atoms with Crippen molar-refractivity contribution in [3.8, 4) is 11.4 Å². The largest absolute Gasteiger partial charge is 0.492 e. The summed E-state index contributed by atoms with van der Waals surface area (Å²) in [6, 6.07) is 18.1. The number of carbonyl (C=O) groups excluding carboxylic acids is 1. The van der Waals surface area contributed by atoms with Crippen molar-refractivity contribution >= 4 is 28.6 Å². The Kier molecular flexibility index (Phi) is 6.61. The minimum atomic E-state index is -0.497. The highest BCUT2D eigenvalue weighted by molar-refractivity contribution is 8.00. The first-order chi connectivity index (χ1) is 15.6. The number of nitrogens with one attached hydrogen (secondary N) is 1. The Morgan fingerprint density at radius 2 is 1.94 bits per heavy atom. The lowest BCUT2D eigenvalue weighted by Gasteiger charge is -2.18. The van der Waals surface area contributed by atoms with E-state index in [9.17, 15) is 9.59 Å². The van der Waals surface area contributed by atoms with Crippen molar-refractivity contribution in [2.75, 3.05) is 6.61 Å². The fraction of sp³-hybridized carbons (Fsp3) is 0.208. The van der Waals surface area contributed by atoms with Crippen LogP contribution in [0.1, 0.15) is 19.6 Å². The van der Waals surface area contributed by atoms with Crippen molar-refractivity contribution in [1.29, 1.82) is 0 Å². The zero-order chi connectivity index (χ0) is 22.5. The summed E-state index contributed by atoms with van der Waals surface area (Å²) < 4.78 is 12.5. The third-order valence-electron chi connectivity index (χ3n) is 4.82. The molecule has 1 amide bonds. The number of fused-ring (bicyclic) bond motifs is 1. The van der Waals surface area contributed by atoms with Crippen molar-refractivity contribution in [1.82, 2.24) is 14.9 Å². The summed E-state index contributed by atoms with van der Waals surface area (Å²) in [5.41, 5.74) is 0.949. The highest BCUT2D eigenvalue weighted by Crippen LogP contribution is 2.29. The average Bonchev–Trinajstić information content (AvgIpc) is 3.32. The summed E-state index contributed by atoms with van der Waals surface area (Å²) in [5, 5.41) is 3.27. The maximum atomic E-state index is 13.5. The second-order valence-corrected chi connectivity index (χ2v) is 8.32. The van der Waals surface area contributed by atoms with E-state index in [2.05, 4.69) is 5.32 Å². The number of nitrogens with zero attached hydrogens (tertiary/aromatic N) is 2. The number of hydrogen-bond donors (Lipinski definition) is 1. The lowest BCUT2D eigenvalue weighted by Crippen LogP contribution is -2.31. The van der Waals surface area contributed by atoms with Crippen LogP contribution < -0.4 is 15.6 Å². The van der Waals surface area contributed by atoms with Gasteiger partial charge in [0.15, 0.2) is 5.16 Å². The summed E-state index contributed by atoms with van der Waals surface area (Å²) in [4.78, 5) is 30.9. The van der Waals surface area contributed by atoms with Crippen LogP contribution in [0.25, 0.3) is 16.6 Å². The zero-order valence-electron chi connectivity index (χ0n) is 17.8. The topological polar surface area (TPSA) is 86.4 Å². The number of carbonyl (C=O) groups is 1. The fourth-order valence-corrected chi connectivity index (χ4v) is 4.21. The van der Waals surface area contributed by atoms with E-state index in [0.29, 0.717) is 46.4 Å². The van der Waals surface area contributed by atoms with Crippen LogP contribution in [0.3, 0.4) is 0 Å². The molecule has 0 fully saturated rings. The number of amides is 1. The molecule has 32 heavy (non-hydrogen) atoms. The molecule has 0 unspecified atom stereocenters. The molecule has 0 saturated carbocycles. The molecule has 0 saturated heterocycles. The molecule has 1 N–H and O–H groups in total. The fourth-order valence-electron chi connectivity index (χ4n) is 3.27. The maximum Gasteiger partial charge on any atom is 0.266 e. The molecule has 164 valence electrons. The molecule has 0 radical (unpaired) electrons. The average molecular weight is 450 g/mol. The first kappa shape index (κ1) is 21.7. The number of aromatic nitrogens is 2. The van der Waals surface area contributed by atoms with Crippen molar-refractivity contribution in [2.24, 2.45) is 0 Å². The van der Waals surface area contributed by atoms with Crippen LogP contribution in [0.15, 0.2) is 81.3 Å². The first-order valence-corrected chi connectivity index (χ1v) is 11.2. The highest BCUT2D eigenvalue weighted by Gasteiger charge is 2.21. The predicted molar refractivity (Wildman–Crippen MR) is 124 cm³/mol. The molecule has 4 rings (SSSR count). The van der Waals surface area contributed by atoms with E-state index in [1.807, 2.05) is 43.3 Å². The van der Waals surface area contributed by atoms with Gasteiger partial charge in [0.2, 0.25) is 5.91 Å². The van der Waals surface area contributed by atoms with Gasteiger partial charge in [-0.25, -0.2) is 4.98 Å². The van der Waals surface area contributed by atoms with Crippen LogP contribution in [0, 0.1) is 0 Å². The lowest BCUT2D eigenvalue weighted by atomic mass is 10.2. The van der Waals surface area contributed by atoms with Gasteiger partial charge in [-0.2, -0.15) is 0 Å². The van der Waals surface area contributed by atoms with Gasteiger partial charge in [-0.3, -0.25) is 14.2 Å². The van der Waals surface area contributed by atoms with E-state index in [1.54, 1.807) is 37.5 Å². The molecule has 7 nitrogen and oxygen atoms in total. The third-order valence-corrected chi connectivity index (χ3v) is 5.87. The number of thioether (sulfide) groups is 1. The molecule has 8 heteroatoms. The van der Waals surface area contributed by atoms with Gasteiger partial charge in [0, 0.05) is 0 Å². The van der Waals surface area contributed by atoms with Gasteiger partial charge in [0.25, 0.3) is 5.56 Å². The number of ether oxygens (including phenoxy) is 1. The first-order valence-electron chi connectivity index (χ1n) is 10.3. The zero-order valence-corrected chi connectivity index (χ0v) is 18.6. The van der Waals surface area contributed by atoms with Gasteiger partial charge in [-0.1, -0.05) is 36.0 Å². The molecule has 0 spiro atoms. The van der Waals surface area contributed by atoms with Crippen molar-refractivity contribution in [3.63, 3.8) is 0 Å². The van der Waals surface area contributed by atoms with E-state index in [-0.39, 0.29) is 11.5 Å². The van der Waals surface area contributed by atoms with Crippen LogP contribution in [0.5, 0.6) is 5.75 Å². The highest BCUT2D eigenvalue weighted by atomic mass is 32.2. The molecule has 0 aliphatic heterocycles. The monoisotopic (exact) mass is 449 g/mol. The van der Waals surface area contributed by atoms with Gasteiger partial charge in [-0.15, -0.1) is 0 Å². The van der Waals surface area contributed by atoms with Gasteiger partial charge >= 0.3 is 0 Å². The molecule has 0 aliphatic rings. The third kappa shape index (κ3) is 4.55. The molecule has 4 aromatic rings. The molecule has 1 atom stereocenters. The molecular formula is C24H23N3O4S. The summed E-state index contributed by atoms with van der Waals surface area (Å²) in [7, 11) is 0. The number of furan rings is 1. The van der Waals surface area contributed by atoms with E-state index in [4.69, 9.17) is 14.1 Å². The van der Waals surface area contributed by atoms with E-state index in [1.165, 1.54) is 16.3 Å². The van der Waals surface area contributed by atoms with Gasteiger partial charge in [-0.05, 0) is 50.2 Å². The second kappa shape index (κ2) is 9.74. The molecule has 2 aromatic heterocycles. The van der Waals surface area contributed by atoms with Gasteiger partial charge in [0.1, 0.15) is 11.5 Å². The van der Waals surface area contributed by atoms with Gasteiger partial charge in [0.05, 0.1) is 41.3 Å². The van der Waals surface area contributed by atoms with Crippen LogP contribution >= 0.6 is 11.8 Å². The normalized spacial score (nSPS) is 11.9. The minimum Gasteiger partial charge on any atom is -0.492 e. The minimum absolute atomic E-state index is 0.182. The Morgan fingerprint density at radius 3 is 2.72 bits per heavy atom. The smallest absolute Gasteiger partial charge is 0.266 e. The standard InChI is InChI=1S/C24H23N3O4S/c1-3-30-21-13-7-6-12-20(21)27-23(29)18-10-4-5-11-19(18)26-24(27)32-16(2)22(28)25-15-17-9-8-14-31-17/h4-14,16H,3,15H2,1-2H3,(H,25,28)/t16-/m1/s1. The SMILES string of the molecule is CCOc1ccccc1-n1c(S[C@H](C)C(=O)NCc2ccco2)nc2ccccc2c1=O. The Labute approximate surface area is 189 Å². The maximum absolute atomic E-state index is 13.5. The van der Waals surface area contributed by atoms with Crippen LogP contribution in [-0.2, 0) is 11.3 Å². The van der Waals surface area contributed by atoms with Crippen LogP contribution in [0.4, 0.5) is 0 Å². The lowest BCUT2D eigenvalue weighted by molar-refractivity contribution is -0.120. The Morgan fingerprint density at radius 1 is 1.16 bits per heavy atom. The number of para-hydroxylation sites is 3. The van der Waals surface area contributed by atoms with Crippen LogP contribution in [-0.4, -0.2) is 27.3 Å². The van der Waals surface area contributed by atoms with Crippen LogP contribution in [0.2, 0.25) is 0 Å². The quantitative estimate of drug-likeness (QED) is 0.321. The Balaban J connectivity index is 1.72. The molecule has 0 aliphatic carbocycles. The van der Waals surface area contributed by atoms with Crippen molar-refractivity contribution < 1.29 is 13.9 Å². The molecular weight excluding hydrogens is 426 g/mol. The Bertz CT molecular complexity index is 1280. The molecule has 2 heterocycles. The second-order valence-electron chi connectivity index (χ2n) is 7.01. The predicted octanol–water partition coefficient (Wildman–Crippen LogP) is 4.17. The van der Waals surface area contributed by atoms with Crippen molar-refractivity contribution in [3.05, 3.63) is 83.0 Å². The molecule has 0 bridgehead atoms. The molecule has 2 aromatic carbocycles. The summed E-state index contributed by atoms with van der Waals surface area (Å²) in [5.74, 6) is 1.06. The summed E-state index contributed by atoms with van der Waals surface area (Å²) >= 11 is 1.22. The van der Waals surface area contributed by atoms with E-state index < -0.39 is 5.25 Å². The summed E-state index contributed by atoms with van der Waals surface area (Å²) in [6.45, 7) is 4.42. The van der Waals surface area contributed by atoms with E-state index >= 15 is 0 Å². The Hall–Kier alpha value is -3.52. The summed E-state index contributed by atoms with van der Waals surface area (Å²) in [6.07, 6.45) is 1.56. The van der Waals surface area contributed by atoms with E-state index in [0.717, 1.165) is 0 Å².